The molecule has 3 heterocycles. The van der Waals surface area contributed by atoms with Gasteiger partial charge in [0.25, 0.3) is 0 Å². The van der Waals surface area contributed by atoms with E-state index in [4.69, 9.17) is 18.9 Å². The molecule has 0 bridgehead atoms. The number of rotatable bonds is 6. The van der Waals surface area contributed by atoms with E-state index in [0.29, 0.717) is 12.3 Å². The summed E-state index contributed by atoms with van der Waals surface area (Å²) in [6, 6.07) is 10.2. The van der Waals surface area contributed by atoms with Gasteiger partial charge in [0.1, 0.15) is 0 Å². The van der Waals surface area contributed by atoms with E-state index in [2.05, 4.69) is 28.0 Å². The summed E-state index contributed by atoms with van der Waals surface area (Å²) in [4.78, 5) is 17.6. The first-order chi connectivity index (χ1) is 16.1. The molecule has 7 heteroatoms. The third kappa shape index (κ3) is 4.74. The zero-order valence-corrected chi connectivity index (χ0v) is 19.5. The van der Waals surface area contributed by atoms with E-state index in [9.17, 15) is 4.79 Å². The van der Waals surface area contributed by atoms with Gasteiger partial charge in [-0.05, 0) is 72.7 Å². The van der Waals surface area contributed by atoms with Crippen LogP contribution in [0.25, 0.3) is 0 Å². The van der Waals surface area contributed by atoms with E-state index in [0.717, 1.165) is 80.5 Å². The van der Waals surface area contributed by atoms with Crippen LogP contribution in [-0.4, -0.2) is 62.9 Å². The molecular weight excluding hydrogens is 420 g/mol. The summed E-state index contributed by atoms with van der Waals surface area (Å²) in [6.07, 6.45) is 3.62. The highest BCUT2D eigenvalue weighted by Gasteiger charge is 2.28. The van der Waals surface area contributed by atoms with Gasteiger partial charge >= 0.3 is 0 Å². The largest absolute Gasteiger partial charge is 0.493 e. The average Bonchev–Trinajstić information content (AvgIpc) is 3.23. The number of hydrogen-bond donors (Lipinski definition) is 0. The Morgan fingerprint density at radius 2 is 1.79 bits per heavy atom. The molecule has 33 heavy (non-hydrogen) atoms. The monoisotopic (exact) mass is 452 g/mol. The number of nitrogens with zero attached hydrogens (tertiary/aromatic N) is 2. The minimum absolute atomic E-state index is 0.213. The lowest BCUT2D eigenvalue weighted by Crippen LogP contribution is -2.43. The molecule has 3 aliphatic rings. The van der Waals surface area contributed by atoms with Crippen molar-refractivity contribution in [3.05, 3.63) is 47.0 Å². The maximum Gasteiger partial charge on any atom is 0.231 e. The van der Waals surface area contributed by atoms with E-state index >= 15 is 0 Å². The third-order valence-corrected chi connectivity index (χ3v) is 6.98. The first kappa shape index (κ1) is 21.9. The number of carbonyl (C=O) groups is 1. The molecule has 0 radical (unpaired) electrons. The smallest absolute Gasteiger partial charge is 0.231 e. The molecule has 2 aromatic carbocycles. The van der Waals surface area contributed by atoms with Crippen LogP contribution < -0.4 is 18.9 Å². The first-order valence-corrected chi connectivity index (χ1v) is 11.8. The summed E-state index contributed by atoms with van der Waals surface area (Å²) < 4.78 is 21.9. The van der Waals surface area contributed by atoms with Gasteiger partial charge in [0.15, 0.2) is 23.0 Å². The Kier molecular flexibility index (Phi) is 6.31. The summed E-state index contributed by atoms with van der Waals surface area (Å²) in [5.41, 5.74) is 3.49. The van der Waals surface area contributed by atoms with Crippen molar-refractivity contribution in [2.24, 2.45) is 5.92 Å². The van der Waals surface area contributed by atoms with Crippen LogP contribution in [0.2, 0.25) is 0 Å². The van der Waals surface area contributed by atoms with Gasteiger partial charge in [-0.15, -0.1) is 0 Å². The van der Waals surface area contributed by atoms with Crippen LogP contribution in [0.3, 0.4) is 0 Å². The van der Waals surface area contributed by atoms with Crippen molar-refractivity contribution in [2.75, 3.05) is 47.2 Å². The van der Waals surface area contributed by atoms with Crippen LogP contribution >= 0.6 is 0 Å². The average molecular weight is 453 g/mol. The van der Waals surface area contributed by atoms with Gasteiger partial charge in [0, 0.05) is 26.2 Å². The van der Waals surface area contributed by atoms with Crippen molar-refractivity contribution in [1.29, 1.82) is 0 Å². The molecule has 2 aromatic rings. The van der Waals surface area contributed by atoms with E-state index in [1.165, 1.54) is 11.1 Å². The van der Waals surface area contributed by atoms with Gasteiger partial charge in [-0.1, -0.05) is 6.07 Å². The molecule has 7 nitrogen and oxygen atoms in total. The Morgan fingerprint density at radius 1 is 1.00 bits per heavy atom. The number of amides is 1. The lowest BCUT2D eigenvalue weighted by molar-refractivity contribution is -0.131. The second-order valence-electron chi connectivity index (χ2n) is 9.17. The number of hydrogen-bond acceptors (Lipinski definition) is 6. The first-order valence-electron chi connectivity index (χ1n) is 11.8. The van der Waals surface area contributed by atoms with E-state index < -0.39 is 0 Å². The van der Waals surface area contributed by atoms with Gasteiger partial charge in [-0.2, -0.15) is 0 Å². The van der Waals surface area contributed by atoms with Crippen molar-refractivity contribution in [1.82, 2.24) is 9.80 Å². The molecule has 5 rings (SSSR count). The molecule has 1 unspecified atom stereocenters. The number of methoxy groups -OCH3 is 2. The number of benzene rings is 2. The summed E-state index contributed by atoms with van der Waals surface area (Å²) in [5.74, 6) is 3.77. The minimum atomic E-state index is 0.213. The van der Waals surface area contributed by atoms with Crippen LogP contribution in [0, 0.1) is 5.92 Å². The molecule has 0 aromatic heterocycles. The molecule has 0 saturated carbocycles. The predicted octanol–water partition coefficient (Wildman–Crippen LogP) is 3.27. The van der Waals surface area contributed by atoms with Crippen LogP contribution in [-0.2, 0) is 24.2 Å². The number of fused-ring (bicyclic) bond motifs is 2. The molecule has 176 valence electrons. The van der Waals surface area contributed by atoms with Crippen molar-refractivity contribution in [3.8, 4) is 23.0 Å². The van der Waals surface area contributed by atoms with Gasteiger partial charge in [0.05, 0.1) is 20.6 Å². The molecule has 0 spiro atoms. The van der Waals surface area contributed by atoms with Crippen LogP contribution in [0.1, 0.15) is 29.5 Å². The molecular formula is C26H32N2O5. The Bertz CT molecular complexity index is 1020. The lowest BCUT2D eigenvalue weighted by atomic mass is 9.96. The molecule has 3 aliphatic heterocycles. The highest BCUT2D eigenvalue weighted by Crippen LogP contribution is 2.36. The van der Waals surface area contributed by atoms with Gasteiger partial charge in [0.2, 0.25) is 12.7 Å². The normalized spacial score (nSPS) is 20.4. The number of ether oxygens (including phenoxy) is 4. The zero-order chi connectivity index (χ0) is 22.8. The van der Waals surface area contributed by atoms with Crippen LogP contribution in [0.5, 0.6) is 23.0 Å². The van der Waals surface area contributed by atoms with E-state index in [1.54, 1.807) is 14.2 Å². The van der Waals surface area contributed by atoms with Crippen molar-refractivity contribution in [2.45, 2.75) is 32.2 Å². The standard InChI is InChI=1S/C26H32N2O5/c1-30-22-6-5-18(10-23(22)31-2)14-27-8-3-4-19(15-27)16-28-9-7-20-11-24-25(33-17-32-24)12-21(20)13-26(28)29/h5-6,10-12,19H,3-4,7-9,13-17H2,1-2H3. The molecule has 1 atom stereocenters. The highest BCUT2D eigenvalue weighted by atomic mass is 16.7. The number of piperidine rings is 1. The van der Waals surface area contributed by atoms with E-state index in [1.807, 2.05) is 12.1 Å². The summed E-state index contributed by atoms with van der Waals surface area (Å²) >= 11 is 0. The Balaban J connectivity index is 1.20. The highest BCUT2D eigenvalue weighted by molar-refractivity contribution is 5.80. The van der Waals surface area contributed by atoms with Crippen LogP contribution in [0.4, 0.5) is 0 Å². The molecule has 0 N–H and O–H groups in total. The van der Waals surface area contributed by atoms with Gasteiger partial charge < -0.3 is 23.8 Å². The van der Waals surface area contributed by atoms with Gasteiger partial charge in [-0.25, -0.2) is 0 Å². The SMILES string of the molecule is COc1ccc(CN2CCCC(CN3CCc4cc5c(cc4CC3=O)OCO5)C2)cc1OC. The fourth-order valence-corrected chi connectivity index (χ4v) is 5.26. The molecule has 1 amide bonds. The minimum Gasteiger partial charge on any atom is -0.493 e. The summed E-state index contributed by atoms with van der Waals surface area (Å²) in [7, 11) is 3.33. The third-order valence-electron chi connectivity index (χ3n) is 6.98. The van der Waals surface area contributed by atoms with E-state index in [-0.39, 0.29) is 12.7 Å². The second-order valence-corrected chi connectivity index (χ2v) is 9.17. The summed E-state index contributed by atoms with van der Waals surface area (Å²) in [5, 5.41) is 0. The lowest BCUT2D eigenvalue weighted by Gasteiger charge is -2.35. The fourth-order valence-electron chi connectivity index (χ4n) is 5.26. The number of likely N-dealkylation sites (tertiary alicyclic amines) is 1. The van der Waals surface area contributed by atoms with Crippen molar-refractivity contribution in [3.63, 3.8) is 0 Å². The van der Waals surface area contributed by atoms with Crippen molar-refractivity contribution >= 4 is 5.91 Å². The molecule has 0 aliphatic carbocycles. The predicted molar refractivity (Wildman–Crippen MR) is 124 cm³/mol. The Labute approximate surface area is 195 Å². The second kappa shape index (κ2) is 9.51. The maximum absolute atomic E-state index is 13.1. The van der Waals surface area contributed by atoms with Gasteiger partial charge in [-0.3, -0.25) is 9.69 Å². The maximum atomic E-state index is 13.1. The molecule has 1 fully saturated rings. The van der Waals surface area contributed by atoms with Crippen LogP contribution in [0.15, 0.2) is 30.3 Å². The fraction of sp³-hybridized carbons (Fsp3) is 0.500. The quantitative estimate of drug-likeness (QED) is 0.671. The zero-order valence-electron chi connectivity index (χ0n) is 19.5. The topological polar surface area (TPSA) is 60.5 Å². The summed E-state index contributed by atoms with van der Waals surface area (Å²) in [6.45, 7) is 4.80. The van der Waals surface area contributed by atoms with Crippen molar-refractivity contribution < 1.29 is 23.7 Å². The molecule has 1 saturated heterocycles. The Hall–Kier alpha value is -2.93. The number of carbonyl (C=O) groups excluding carboxylic acids is 1. The Morgan fingerprint density at radius 3 is 2.58 bits per heavy atom.